The first-order valence-electron chi connectivity index (χ1n) is 16.3. The van der Waals surface area contributed by atoms with E-state index in [-0.39, 0.29) is 6.79 Å². The predicted molar refractivity (Wildman–Crippen MR) is 176 cm³/mol. The maximum atomic E-state index is 8.47. The molecule has 1 aliphatic rings. The molecule has 0 aliphatic carbocycles. The summed E-state index contributed by atoms with van der Waals surface area (Å²) in [6.45, 7) is 10.2. The van der Waals surface area contributed by atoms with Gasteiger partial charge in [0.2, 0.25) is 0 Å². The number of ether oxygens (including phenoxy) is 9. The van der Waals surface area contributed by atoms with Gasteiger partial charge in [0, 0.05) is 24.2 Å². The molecule has 1 N–H and O–H groups in total. The first-order chi connectivity index (χ1) is 23.3. The molecule has 0 radical (unpaired) electrons. The minimum absolute atomic E-state index is 0.289. The lowest BCUT2D eigenvalue weighted by molar-refractivity contribution is -0.654. The number of aliphatic hydroxyl groups is 1. The third kappa shape index (κ3) is 18.3. The molecule has 0 unspecified atom stereocenters. The first kappa shape index (κ1) is 39.3. The molecule has 0 spiro atoms. The minimum Gasteiger partial charge on any atom is -0.377 e. The Balaban J connectivity index is 1.04. The van der Waals surface area contributed by atoms with Crippen LogP contribution in [-0.2, 0) is 56.1 Å². The monoisotopic (exact) mass is 685 g/mol. The number of aryl methyl sites for hydroxylation is 2. The third-order valence-electron chi connectivity index (χ3n) is 6.86. The van der Waals surface area contributed by atoms with E-state index < -0.39 is 0 Å². The van der Waals surface area contributed by atoms with E-state index in [2.05, 4.69) is 27.3 Å². The van der Waals surface area contributed by atoms with E-state index in [0.717, 1.165) is 36.8 Å². The van der Waals surface area contributed by atoms with Gasteiger partial charge < -0.3 is 52.6 Å². The summed E-state index contributed by atoms with van der Waals surface area (Å²) in [5.41, 5.74) is 3.45. The molecule has 0 saturated carbocycles. The number of thiazole rings is 1. The zero-order valence-electron chi connectivity index (χ0n) is 27.8. The van der Waals surface area contributed by atoms with Crippen LogP contribution in [0.25, 0.3) is 0 Å². The smallest absolute Gasteiger partial charge is 0.377 e. The third-order valence-corrected chi connectivity index (χ3v) is 7.70. The molecule has 0 fully saturated rings. The second-order valence-corrected chi connectivity index (χ2v) is 11.2. The van der Waals surface area contributed by atoms with Crippen molar-refractivity contribution in [3.05, 3.63) is 35.3 Å². The Morgan fingerprint density at radius 2 is 1.17 bits per heavy atom. The van der Waals surface area contributed by atoms with Gasteiger partial charge in [-0.05, 0) is 53.1 Å². The van der Waals surface area contributed by atoms with Gasteiger partial charge in [0.25, 0.3) is 0 Å². The lowest BCUT2D eigenvalue weighted by Gasteiger charge is -2.31. The number of fused-ring (bicyclic) bond motifs is 1. The largest absolute Gasteiger partial charge is 0.408 e. The number of hydrogen-bond acceptors (Lipinski definition) is 14. The van der Waals surface area contributed by atoms with Crippen LogP contribution in [0.4, 0.5) is 16.5 Å². The molecule has 1 aliphatic heterocycles. The van der Waals surface area contributed by atoms with Gasteiger partial charge in [0.05, 0.1) is 124 Å². The number of anilines is 1. The Morgan fingerprint density at radius 3 is 1.64 bits per heavy atom. The average molecular weight is 686 g/mol. The summed E-state index contributed by atoms with van der Waals surface area (Å²) in [5.74, 6) is 0. The van der Waals surface area contributed by atoms with Gasteiger partial charge in [-0.3, -0.25) is 0 Å². The van der Waals surface area contributed by atoms with Crippen LogP contribution < -0.4 is 9.47 Å². The van der Waals surface area contributed by atoms with Crippen molar-refractivity contribution in [3.8, 4) is 0 Å². The van der Waals surface area contributed by atoms with Crippen LogP contribution in [0, 0.1) is 0 Å². The summed E-state index contributed by atoms with van der Waals surface area (Å²) < 4.78 is 50.8. The van der Waals surface area contributed by atoms with Crippen molar-refractivity contribution in [1.29, 1.82) is 0 Å². The van der Waals surface area contributed by atoms with Gasteiger partial charge in [-0.15, -0.1) is 0 Å². The molecule has 0 bridgehead atoms. The minimum atomic E-state index is -0.289. The lowest BCUT2D eigenvalue weighted by Crippen LogP contribution is -2.32. The van der Waals surface area contributed by atoms with Crippen LogP contribution in [0.5, 0.6) is 0 Å². The van der Waals surface area contributed by atoms with E-state index in [1.54, 1.807) is 11.3 Å². The van der Waals surface area contributed by atoms with E-state index in [4.69, 9.17) is 47.7 Å². The maximum Gasteiger partial charge on any atom is 0.408 e. The Kier molecular flexibility index (Phi) is 22.4. The highest BCUT2D eigenvalue weighted by Crippen LogP contribution is 2.31. The number of hydrogen-bond donors (Lipinski definition) is 1. The van der Waals surface area contributed by atoms with Gasteiger partial charge in [0.15, 0.2) is 0 Å². The summed E-state index contributed by atoms with van der Waals surface area (Å²) in [4.78, 5) is 2.38. The van der Waals surface area contributed by atoms with Gasteiger partial charge >= 0.3 is 5.13 Å². The topological polar surface area (TPSA) is 135 Å². The molecule has 15 heteroatoms. The highest BCUT2D eigenvalue weighted by Gasteiger charge is 2.17. The molecular weight excluding hydrogens is 632 g/mol. The Labute approximate surface area is 282 Å². The highest BCUT2D eigenvalue weighted by molar-refractivity contribution is 7.12. The molecule has 3 rings (SSSR count). The highest BCUT2D eigenvalue weighted by atomic mass is 32.1. The molecule has 2 heterocycles. The molecule has 0 amide bonds. The Hall–Kier alpha value is -2.15. The zero-order chi connectivity index (χ0) is 33.0. The van der Waals surface area contributed by atoms with Gasteiger partial charge in [-0.25, -0.2) is 4.57 Å². The zero-order valence-corrected chi connectivity index (χ0v) is 28.6. The van der Waals surface area contributed by atoms with Crippen LogP contribution >= 0.6 is 11.3 Å². The van der Waals surface area contributed by atoms with Crippen molar-refractivity contribution in [1.82, 2.24) is 0 Å². The van der Waals surface area contributed by atoms with Crippen molar-refractivity contribution < 1.29 is 52.3 Å². The molecular formula is C32H53N4O10S+. The van der Waals surface area contributed by atoms with Crippen molar-refractivity contribution >= 4 is 27.8 Å². The molecule has 14 nitrogen and oxygen atoms in total. The van der Waals surface area contributed by atoms with E-state index >= 15 is 0 Å². The van der Waals surface area contributed by atoms with E-state index in [1.165, 1.54) is 11.3 Å². The summed E-state index contributed by atoms with van der Waals surface area (Å²) in [6.07, 6.45) is 4.15. The van der Waals surface area contributed by atoms with Crippen molar-refractivity contribution in [3.63, 3.8) is 0 Å². The molecule has 2 aromatic rings. The number of benzene rings is 1. The Morgan fingerprint density at radius 1 is 0.681 bits per heavy atom. The lowest BCUT2D eigenvalue weighted by atomic mass is 10.0. The maximum absolute atomic E-state index is 8.47. The number of aliphatic hydroxyl groups excluding tert-OH is 1. The summed E-state index contributed by atoms with van der Waals surface area (Å²) in [5, 5.41) is 20.2. The SMILES string of the molecule is C[n+]1ccsc1N=Nc1ccc2c(c1)CCCN2CCOCCOCCOCCOCCOCCOCCOCCOCCOCO. The van der Waals surface area contributed by atoms with Crippen molar-refractivity contribution in [2.75, 3.05) is 137 Å². The fraction of sp³-hybridized carbons (Fsp3) is 0.719. The number of aromatic nitrogens is 1. The molecule has 0 atom stereocenters. The summed E-state index contributed by atoms with van der Waals surface area (Å²) in [6, 6.07) is 6.33. The van der Waals surface area contributed by atoms with Crippen molar-refractivity contribution in [2.45, 2.75) is 12.8 Å². The summed E-state index contributed by atoms with van der Waals surface area (Å²) >= 11 is 1.57. The van der Waals surface area contributed by atoms with Crippen LogP contribution in [-0.4, -0.2) is 137 Å². The number of rotatable bonds is 30. The van der Waals surface area contributed by atoms with E-state index in [9.17, 15) is 0 Å². The predicted octanol–water partition coefficient (Wildman–Crippen LogP) is 2.84. The van der Waals surface area contributed by atoms with Crippen molar-refractivity contribution in [2.24, 2.45) is 17.3 Å². The van der Waals surface area contributed by atoms with Gasteiger partial charge in [-0.2, -0.15) is 0 Å². The molecule has 1 aromatic heterocycles. The fourth-order valence-electron chi connectivity index (χ4n) is 4.48. The van der Waals surface area contributed by atoms with Crippen LogP contribution in [0.3, 0.4) is 0 Å². The van der Waals surface area contributed by atoms with E-state index in [1.807, 2.05) is 29.3 Å². The van der Waals surface area contributed by atoms with Gasteiger partial charge in [-0.1, -0.05) is 0 Å². The van der Waals surface area contributed by atoms with E-state index in [0.29, 0.717) is 112 Å². The molecule has 47 heavy (non-hydrogen) atoms. The summed E-state index contributed by atoms with van der Waals surface area (Å²) in [7, 11) is 1.97. The second kappa shape index (κ2) is 26.8. The number of nitrogens with zero attached hydrogens (tertiary/aromatic N) is 4. The van der Waals surface area contributed by atoms with Crippen LogP contribution in [0.1, 0.15) is 12.0 Å². The quantitative estimate of drug-likeness (QED) is 0.0563. The van der Waals surface area contributed by atoms with Gasteiger partial charge in [0.1, 0.15) is 18.7 Å². The van der Waals surface area contributed by atoms with Crippen LogP contribution in [0.2, 0.25) is 0 Å². The fourth-order valence-corrected chi connectivity index (χ4v) is 5.16. The molecule has 1 aromatic carbocycles. The normalized spacial score (nSPS) is 13.2. The molecule has 266 valence electrons. The molecule has 0 saturated heterocycles. The average Bonchev–Trinajstić information content (AvgIpc) is 3.51. The number of azo groups is 1. The van der Waals surface area contributed by atoms with Crippen LogP contribution in [0.15, 0.2) is 40.0 Å². The standard InChI is InChI=1S/C32H53N4O10S/c1-35-8-26-47-32(35)34-33-30-4-5-31-29(27-30)3-2-6-36(31)7-9-38-10-11-39-12-13-40-14-15-41-16-17-42-18-19-43-20-21-44-22-23-45-24-25-46-28-37/h4-5,8,26-27,37H,2-3,6-7,9-25,28H2,1H3/q+1. The Bertz CT molecular complexity index is 1080. The first-order valence-corrected chi connectivity index (χ1v) is 17.2. The second-order valence-electron chi connectivity index (χ2n) is 10.3.